The summed E-state index contributed by atoms with van der Waals surface area (Å²) in [6, 6.07) is 5.79. The zero-order valence-corrected chi connectivity index (χ0v) is 15.8. The van der Waals surface area contributed by atoms with Crippen molar-refractivity contribution in [2.24, 2.45) is 0 Å². The third kappa shape index (κ3) is 4.43. The van der Waals surface area contributed by atoms with Gasteiger partial charge >= 0.3 is 0 Å². The van der Waals surface area contributed by atoms with Gasteiger partial charge in [-0.25, -0.2) is 4.68 Å². The van der Waals surface area contributed by atoms with Gasteiger partial charge in [-0.1, -0.05) is 36.2 Å². The fourth-order valence-corrected chi connectivity index (χ4v) is 3.89. The number of nitrogens with one attached hydrogen (secondary N) is 1. The Balaban J connectivity index is 1.63. The van der Waals surface area contributed by atoms with Crippen LogP contribution in [0.5, 0.6) is 0 Å². The number of carbonyl (C=O) groups is 1. The summed E-state index contributed by atoms with van der Waals surface area (Å²) in [6.07, 6.45) is 4.60. The van der Waals surface area contributed by atoms with E-state index in [-0.39, 0.29) is 11.7 Å². The molecule has 25 heavy (non-hydrogen) atoms. The third-order valence-corrected chi connectivity index (χ3v) is 5.35. The second-order valence-corrected chi connectivity index (χ2v) is 7.62. The molecule has 0 atom stereocenters. The maximum absolute atomic E-state index is 12.4. The van der Waals surface area contributed by atoms with Crippen LogP contribution in [-0.2, 0) is 4.79 Å². The molecule has 0 radical (unpaired) electrons. The number of amides is 1. The first-order chi connectivity index (χ1) is 12.0. The van der Waals surface area contributed by atoms with E-state index in [2.05, 4.69) is 20.8 Å². The van der Waals surface area contributed by atoms with Crippen molar-refractivity contribution in [2.75, 3.05) is 30.1 Å². The molecule has 1 aliphatic rings. The van der Waals surface area contributed by atoms with E-state index in [0.29, 0.717) is 21.9 Å². The Hall–Kier alpha value is -1.80. The third-order valence-electron chi connectivity index (χ3n) is 4.18. The first-order valence-electron chi connectivity index (χ1n) is 8.22. The standard InChI is InChI=1S/C16H21ClN6OS/c1-22(2)14-8-7-11(17)9-13(14)18-15(24)10-25-16-19-20-21-23(16)12-5-3-4-6-12/h7-9,12H,3-6,10H2,1-2H3,(H,18,24). The summed E-state index contributed by atoms with van der Waals surface area (Å²) >= 11 is 7.41. The zero-order chi connectivity index (χ0) is 17.8. The number of thioether (sulfide) groups is 1. The number of aromatic nitrogens is 4. The highest BCUT2D eigenvalue weighted by Gasteiger charge is 2.22. The average Bonchev–Trinajstić information content (AvgIpc) is 3.23. The highest BCUT2D eigenvalue weighted by molar-refractivity contribution is 7.99. The summed E-state index contributed by atoms with van der Waals surface area (Å²) in [5, 5.41) is 16.1. The number of anilines is 2. The van der Waals surface area contributed by atoms with Crippen molar-refractivity contribution >= 4 is 40.6 Å². The predicted octanol–water partition coefficient (Wildman–Crippen LogP) is 3.24. The van der Waals surface area contributed by atoms with Crippen LogP contribution in [0.3, 0.4) is 0 Å². The van der Waals surface area contributed by atoms with Crippen LogP contribution in [0.1, 0.15) is 31.7 Å². The molecule has 1 aromatic heterocycles. The number of rotatable bonds is 6. The maximum Gasteiger partial charge on any atom is 0.234 e. The van der Waals surface area contributed by atoms with Crippen molar-refractivity contribution in [3.05, 3.63) is 23.2 Å². The van der Waals surface area contributed by atoms with Gasteiger partial charge in [0.1, 0.15) is 0 Å². The Labute approximate surface area is 156 Å². The molecule has 0 bridgehead atoms. The van der Waals surface area contributed by atoms with E-state index in [0.717, 1.165) is 18.5 Å². The number of nitrogens with zero attached hydrogens (tertiary/aromatic N) is 5. The normalized spacial score (nSPS) is 14.7. The van der Waals surface area contributed by atoms with Crippen LogP contribution in [0.4, 0.5) is 11.4 Å². The van der Waals surface area contributed by atoms with Crippen LogP contribution in [0, 0.1) is 0 Å². The summed E-state index contributed by atoms with van der Waals surface area (Å²) in [5.41, 5.74) is 1.59. The number of halogens is 1. The lowest BCUT2D eigenvalue weighted by Crippen LogP contribution is -2.18. The Morgan fingerprint density at radius 1 is 1.40 bits per heavy atom. The number of hydrogen-bond acceptors (Lipinski definition) is 6. The summed E-state index contributed by atoms with van der Waals surface area (Å²) in [4.78, 5) is 14.3. The topological polar surface area (TPSA) is 75.9 Å². The molecule has 1 N–H and O–H groups in total. The lowest BCUT2D eigenvalue weighted by atomic mass is 10.2. The monoisotopic (exact) mass is 380 g/mol. The second-order valence-electron chi connectivity index (χ2n) is 6.24. The van der Waals surface area contributed by atoms with Crippen molar-refractivity contribution in [3.8, 4) is 0 Å². The lowest BCUT2D eigenvalue weighted by Gasteiger charge is -2.18. The van der Waals surface area contributed by atoms with Crippen LogP contribution in [0.15, 0.2) is 23.4 Å². The summed E-state index contributed by atoms with van der Waals surface area (Å²) < 4.78 is 1.86. The van der Waals surface area contributed by atoms with Gasteiger partial charge in [0, 0.05) is 19.1 Å². The van der Waals surface area contributed by atoms with Gasteiger partial charge in [0.05, 0.1) is 23.2 Å². The molecule has 1 amide bonds. The Bertz CT molecular complexity index is 744. The molecule has 2 aromatic rings. The second kappa shape index (κ2) is 8.05. The lowest BCUT2D eigenvalue weighted by molar-refractivity contribution is -0.113. The quantitative estimate of drug-likeness (QED) is 0.775. The van der Waals surface area contributed by atoms with Gasteiger partial charge in [0.2, 0.25) is 11.1 Å². The summed E-state index contributed by atoms with van der Waals surface area (Å²) in [5.74, 6) is 0.128. The molecule has 3 rings (SSSR count). The first-order valence-corrected chi connectivity index (χ1v) is 9.58. The molecule has 0 unspecified atom stereocenters. The van der Waals surface area contributed by atoms with Crippen molar-refractivity contribution < 1.29 is 4.79 Å². The predicted molar refractivity (Wildman–Crippen MR) is 100 cm³/mol. The van der Waals surface area contributed by atoms with Gasteiger partial charge in [0.25, 0.3) is 0 Å². The zero-order valence-electron chi connectivity index (χ0n) is 14.3. The van der Waals surface area contributed by atoms with Crippen LogP contribution >= 0.6 is 23.4 Å². The van der Waals surface area contributed by atoms with E-state index >= 15 is 0 Å². The smallest absolute Gasteiger partial charge is 0.234 e. The summed E-state index contributed by atoms with van der Waals surface area (Å²) in [7, 11) is 3.84. The van der Waals surface area contributed by atoms with E-state index < -0.39 is 0 Å². The van der Waals surface area contributed by atoms with Crippen LogP contribution in [0.25, 0.3) is 0 Å². The summed E-state index contributed by atoms with van der Waals surface area (Å²) in [6.45, 7) is 0. The molecule has 0 aliphatic heterocycles. The molecule has 7 nitrogen and oxygen atoms in total. The molecule has 1 fully saturated rings. The van der Waals surface area contributed by atoms with Crippen LogP contribution in [0.2, 0.25) is 5.02 Å². The SMILES string of the molecule is CN(C)c1ccc(Cl)cc1NC(=O)CSc1nnnn1C1CCCC1. The molecule has 1 aromatic carbocycles. The average molecular weight is 381 g/mol. The number of benzene rings is 1. The largest absolute Gasteiger partial charge is 0.376 e. The molecule has 0 spiro atoms. The van der Waals surface area contributed by atoms with Gasteiger partial charge in [-0.2, -0.15) is 0 Å². The minimum atomic E-state index is -0.115. The van der Waals surface area contributed by atoms with E-state index in [9.17, 15) is 4.79 Å². The molecule has 0 saturated heterocycles. The van der Waals surface area contributed by atoms with Crippen molar-refractivity contribution in [3.63, 3.8) is 0 Å². The van der Waals surface area contributed by atoms with Crippen molar-refractivity contribution in [1.29, 1.82) is 0 Å². The van der Waals surface area contributed by atoms with Gasteiger partial charge in [-0.15, -0.1) is 5.10 Å². The Morgan fingerprint density at radius 3 is 2.88 bits per heavy atom. The molecule has 134 valence electrons. The van der Waals surface area contributed by atoms with Crippen LogP contribution in [-0.4, -0.2) is 46.0 Å². The minimum absolute atomic E-state index is 0.115. The highest BCUT2D eigenvalue weighted by Crippen LogP contribution is 2.32. The van der Waals surface area contributed by atoms with Gasteiger partial charge in [-0.05, 0) is 41.5 Å². The van der Waals surface area contributed by atoms with Gasteiger partial charge in [-0.3, -0.25) is 4.79 Å². The van der Waals surface area contributed by atoms with Crippen molar-refractivity contribution in [2.45, 2.75) is 36.9 Å². The first kappa shape index (κ1) is 18.0. The van der Waals surface area contributed by atoms with Gasteiger partial charge < -0.3 is 10.2 Å². The minimum Gasteiger partial charge on any atom is -0.376 e. The molecule has 9 heteroatoms. The van der Waals surface area contributed by atoms with Gasteiger partial charge in [0.15, 0.2) is 0 Å². The number of tetrazole rings is 1. The van der Waals surface area contributed by atoms with E-state index in [1.807, 2.05) is 29.7 Å². The van der Waals surface area contributed by atoms with E-state index in [1.54, 1.807) is 12.1 Å². The maximum atomic E-state index is 12.4. The molecule has 1 saturated carbocycles. The molecule has 1 aliphatic carbocycles. The van der Waals surface area contributed by atoms with E-state index in [1.165, 1.54) is 24.6 Å². The number of carbonyl (C=O) groups excluding carboxylic acids is 1. The Morgan fingerprint density at radius 2 is 2.16 bits per heavy atom. The fourth-order valence-electron chi connectivity index (χ4n) is 2.97. The highest BCUT2D eigenvalue weighted by atomic mass is 35.5. The van der Waals surface area contributed by atoms with Crippen molar-refractivity contribution in [1.82, 2.24) is 20.2 Å². The fraction of sp³-hybridized carbons (Fsp3) is 0.500. The van der Waals surface area contributed by atoms with E-state index in [4.69, 9.17) is 11.6 Å². The molecular formula is C16H21ClN6OS. The Kier molecular flexibility index (Phi) is 5.80. The van der Waals surface area contributed by atoms with Crippen LogP contribution < -0.4 is 10.2 Å². The number of hydrogen-bond donors (Lipinski definition) is 1. The molecular weight excluding hydrogens is 360 g/mol. The molecule has 1 heterocycles.